The van der Waals surface area contributed by atoms with Gasteiger partial charge in [-0.1, -0.05) is 32.0 Å². The van der Waals surface area contributed by atoms with Gasteiger partial charge in [0, 0.05) is 31.9 Å². The maximum absolute atomic E-state index is 12.2. The van der Waals surface area contributed by atoms with Crippen LogP contribution < -0.4 is 10.6 Å². The highest BCUT2D eigenvalue weighted by atomic mass is 35.5. The predicted molar refractivity (Wildman–Crippen MR) is 97.7 cm³/mol. The zero-order chi connectivity index (χ0) is 14.5. The Morgan fingerprint density at radius 1 is 1.27 bits per heavy atom. The zero-order valence-electron chi connectivity index (χ0n) is 13.5. The number of carbonyl (C=O) groups is 1. The molecule has 2 rings (SSSR count). The van der Waals surface area contributed by atoms with Gasteiger partial charge in [-0.25, -0.2) is 0 Å². The summed E-state index contributed by atoms with van der Waals surface area (Å²) < 4.78 is 0. The third-order valence-corrected chi connectivity index (χ3v) is 3.77. The number of nitrogens with one attached hydrogen (secondary N) is 2. The summed E-state index contributed by atoms with van der Waals surface area (Å²) in [5, 5.41) is 6.40. The Bertz CT molecular complexity index is 474. The summed E-state index contributed by atoms with van der Waals surface area (Å²) in [5.41, 5.74) is 3.33. The van der Waals surface area contributed by atoms with Crippen LogP contribution in [0.25, 0.3) is 0 Å². The Morgan fingerprint density at radius 2 is 1.91 bits per heavy atom. The molecule has 1 saturated heterocycles. The van der Waals surface area contributed by atoms with E-state index in [0.717, 1.165) is 37.4 Å². The Kier molecular flexibility index (Phi) is 9.69. The summed E-state index contributed by atoms with van der Waals surface area (Å²) in [4.78, 5) is 14.4. The van der Waals surface area contributed by atoms with Crippen molar-refractivity contribution in [3.8, 4) is 0 Å². The van der Waals surface area contributed by atoms with Crippen molar-refractivity contribution in [1.82, 2.24) is 10.2 Å². The largest absolute Gasteiger partial charge is 0.324 e. The van der Waals surface area contributed by atoms with Crippen LogP contribution in [0.3, 0.4) is 0 Å². The summed E-state index contributed by atoms with van der Waals surface area (Å²) in [6, 6.07) is 6.20. The van der Waals surface area contributed by atoms with Crippen LogP contribution in [0.5, 0.6) is 0 Å². The molecule has 0 radical (unpaired) electrons. The van der Waals surface area contributed by atoms with E-state index in [9.17, 15) is 4.79 Å². The van der Waals surface area contributed by atoms with Gasteiger partial charge in [0.1, 0.15) is 0 Å². The van der Waals surface area contributed by atoms with Crippen molar-refractivity contribution in [2.75, 3.05) is 38.0 Å². The maximum atomic E-state index is 12.2. The highest BCUT2D eigenvalue weighted by Gasteiger charge is 2.16. The lowest BCUT2D eigenvalue weighted by molar-refractivity contribution is -0.117. The minimum atomic E-state index is 0. The van der Waals surface area contributed by atoms with Gasteiger partial charge in [-0.05, 0) is 24.0 Å². The number of hydrogen-bond donors (Lipinski definition) is 2. The first-order valence-corrected chi connectivity index (χ1v) is 7.40. The maximum Gasteiger partial charge on any atom is 0.238 e. The van der Waals surface area contributed by atoms with Gasteiger partial charge in [0.25, 0.3) is 0 Å². The highest BCUT2D eigenvalue weighted by Crippen LogP contribution is 2.27. The van der Waals surface area contributed by atoms with Gasteiger partial charge in [-0.3, -0.25) is 9.69 Å². The molecule has 0 aliphatic carbocycles. The second-order valence-electron chi connectivity index (χ2n) is 5.77. The van der Waals surface area contributed by atoms with Crippen molar-refractivity contribution in [3.05, 3.63) is 29.3 Å². The van der Waals surface area contributed by atoms with Crippen LogP contribution in [0, 0.1) is 6.92 Å². The summed E-state index contributed by atoms with van der Waals surface area (Å²) >= 11 is 0. The van der Waals surface area contributed by atoms with E-state index in [1.807, 2.05) is 13.0 Å². The lowest BCUT2D eigenvalue weighted by Gasteiger charge is -2.27. The van der Waals surface area contributed by atoms with Gasteiger partial charge in [0.2, 0.25) is 5.91 Å². The van der Waals surface area contributed by atoms with Gasteiger partial charge < -0.3 is 10.6 Å². The molecule has 0 spiro atoms. The first-order chi connectivity index (χ1) is 9.58. The molecule has 126 valence electrons. The van der Waals surface area contributed by atoms with Crippen LogP contribution in [0.1, 0.15) is 30.9 Å². The molecule has 0 atom stereocenters. The Hall–Kier alpha value is -0.810. The molecule has 1 heterocycles. The van der Waals surface area contributed by atoms with E-state index < -0.39 is 0 Å². The molecular formula is C16H27Cl2N3O. The Morgan fingerprint density at radius 3 is 2.50 bits per heavy atom. The number of amides is 1. The lowest BCUT2D eigenvalue weighted by atomic mass is 9.98. The first kappa shape index (κ1) is 21.2. The molecule has 4 nitrogen and oxygen atoms in total. The van der Waals surface area contributed by atoms with E-state index in [-0.39, 0.29) is 30.7 Å². The molecule has 0 aromatic heterocycles. The fourth-order valence-corrected chi connectivity index (χ4v) is 2.59. The number of para-hydroxylation sites is 1. The molecule has 6 heteroatoms. The van der Waals surface area contributed by atoms with Crippen molar-refractivity contribution in [2.45, 2.75) is 26.7 Å². The fraction of sp³-hybridized carbons (Fsp3) is 0.562. The minimum absolute atomic E-state index is 0. The third kappa shape index (κ3) is 5.76. The van der Waals surface area contributed by atoms with Crippen LogP contribution in [-0.4, -0.2) is 43.5 Å². The quantitative estimate of drug-likeness (QED) is 0.880. The summed E-state index contributed by atoms with van der Waals surface area (Å²) in [7, 11) is 0. The first-order valence-electron chi connectivity index (χ1n) is 7.40. The molecule has 22 heavy (non-hydrogen) atoms. The molecule has 0 bridgehead atoms. The molecule has 0 saturated carbocycles. The van der Waals surface area contributed by atoms with Gasteiger partial charge in [0.15, 0.2) is 0 Å². The van der Waals surface area contributed by atoms with E-state index in [1.54, 1.807) is 0 Å². The standard InChI is InChI=1S/C16H25N3O.2ClH/c1-12(2)14-6-4-5-13(3)16(14)18-15(20)11-19-9-7-17-8-10-19;;/h4-6,12,17H,7-11H2,1-3H3,(H,18,20);2*1H. The summed E-state index contributed by atoms with van der Waals surface area (Å²) in [5.74, 6) is 0.493. The number of carbonyl (C=O) groups excluding carboxylic acids is 1. The number of rotatable bonds is 4. The van der Waals surface area contributed by atoms with Gasteiger partial charge in [-0.15, -0.1) is 24.8 Å². The second-order valence-corrected chi connectivity index (χ2v) is 5.77. The van der Waals surface area contributed by atoms with Crippen molar-refractivity contribution >= 4 is 36.4 Å². The highest BCUT2D eigenvalue weighted by molar-refractivity contribution is 5.94. The van der Waals surface area contributed by atoms with Crippen LogP contribution >= 0.6 is 24.8 Å². The number of nitrogens with zero attached hydrogens (tertiary/aromatic N) is 1. The predicted octanol–water partition coefficient (Wildman–Crippen LogP) is 2.81. The van der Waals surface area contributed by atoms with E-state index in [4.69, 9.17) is 0 Å². The number of hydrogen-bond acceptors (Lipinski definition) is 3. The van der Waals surface area contributed by atoms with Crippen molar-refractivity contribution in [3.63, 3.8) is 0 Å². The summed E-state index contributed by atoms with van der Waals surface area (Å²) in [6.45, 7) is 10.7. The molecule has 1 aromatic rings. The second kappa shape index (κ2) is 10.1. The Balaban J connectivity index is 0.00000220. The molecule has 1 aliphatic rings. The van der Waals surface area contributed by atoms with Crippen molar-refractivity contribution in [2.24, 2.45) is 0 Å². The fourth-order valence-electron chi connectivity index (χ4n) is 2.59. The van der Waals surface area contributed by atoms with Crippen LogP contribution in [0.4, 0.5) is 5.69 Å². The van der Waals surface area contributed by atoms with Gasteiger partial charge in [-0.2, -0.15) is 0 Å². The number of anilines is 1. The molecular weight excluding hydrogens is 321 g/mol. The average molecular weight is 348 g/mol. The molecule has 0 unspecified atom stereocenters. The van der Waals surface area contributed by atoms with E-state index in [2.05, 4.69) is 41.5 Å². The van der Waals surface area contributed by atoms with Crippen molar-refractivity contribution < 1.29 is 4.79 Å². The van der Waals surface area contributed by atoms with Crippen LogP contribution in [0.2, 0.25) is 0 Å². The van der Waals surface area contributed by atoms with Gasteiger partial charge in [0.05, 0.1) is 6.54 Å². The minimum Gasteiger partial charge on any atom is -0.324 e. The molecule has 1 amide bonds. The third-order valence-electron chi connectivity index (χ3n) is 3.77. The molecule has 1 aromatic carbocycles. The van der Waals surface area contributed by atoms with Gasteiger partial charge >= 0.3 is 0 Å². The van der Waals surface area contributed by atoms with Crippen LogP contribution in [-0.2, 0) is 4.79 Å². The van der Waals surface area contributed by atoms with E-state index in [1.165, 1.54) is 5.56 Å². The number of halogens is 2. The van der Waals surface area contributed by atoms with Crippen LogP contribution in [0.15, 0.2) is 18.2 Å². The number of piperazine rings is 1. The smallest absolute Gasteiger partial charge is 0.238 e. The lowest BCUT2D eigenvalue weighted by Crippen LogP contribution is -2.46. The number of benzene rings is 1. The molecule has 1 fully saturated rings. The van der Waals surface area contributed by atoms with E-state index in [0.29, 0.717) is 12.5 Å². The molecule has 2 N–H and O–H groups in total. The number of aryl methyl sites for hydroxylation is 1. The summed E-state index contributed by atoms with van der Waals surface area (Å²) in [6.07, 6.45) is 0. The Labute approximate surface area is 145 Å². The normalized spacial score (nSPS) is 14.9. The zero-order valence-corrected chi connectivity index (χ0v) is 15.1. The average Bonchev–Trinajstić information content (AvgIpc) is 2.42. The van der Waals surface area contributed by atoms with Crippen molar-refractivity contribution in [1.29, 1.82) is 0 Å². The molecule has 1 aliphatic heterocycles. The monoisotopic (exact) mass is 347 g/mol. The topological polar surface area (TPSA) is 44.4 Å². The van der Waals surface area contributed by atoms with E-state index >= 15 is 0 Å². The SMILES string of the molecule is Cc1cccc(C(C)C)c1NC(=O)CN1CCNCC1.Cl.Cl.